The van der Waals surface area contributed by atoms with Crippen molar-refractivity contribution in [2.24, 2.45) is 0 Å². The zero-order valence-electron chi connectivity index (χ0n) is 20.9. The number of rotatable bonds is 11. The van der Waals surface area contributed by atoms with E-state index in [2.05, 4.69) is 5.32 Å². The number of carbonyl (C=O) groups is 2. The minimum Gasteiger partial charge on any atom is -0.355 e. The zero-order chi connectivity index (χ0) is 27.9. The molecule has 38 heavy (non-hydrogen) atoms. The lowest BCUT2D eigenvalue weighted by Gasteiger charge is -2.33. The fourth-order valence-corrected chi connectivity index (χ4v) is 5.12. The smallest absolute Gasteiger partial charge is 0.244 e. The molecule has 0 fully saturated rings. The van der Waals surface area contributed by atoms with Gasteiger partial charge in [-0.25, -0.2) is 12.8 Å². The van der Waals surface area contributed by atoms with Crippen molar-refractivity contribution in [3.63, 3.8) is 0 Å². The number of nitrogens with one attached hydrogen (secondary N) is 1. The van der Waals surface area contributed by atoms with Crippen molar-refractivity contribution in [2.45, 2.75) is 25.9 Å². The summed E-state index contributed by atoms with van der Waals surface area (Å²) in [7, 11) is -3.99. The predicted molar refractivity (Wildman–Crippen MR) is 148 cm³/mol. The highest BCUT2D eigenvalue weighted by molar-refractivity contribution is 7.92. The normalized spacial score (nSPS) is 12.0. The molecular weight excluding hydrogens is 552 g/mol. The van der Waals surface area contributed by atoms with E-state index in [0.717, 1.165) is 28.3 Å². The highest BCUT2D eigenvalue weighted by Gasteiger charge is 2.33. The Labute approximate surface area is 232 Å². The standard InChI is InChI=1S/C27H28Cl2FN3O4S/c1-3-31-27(35)25(15-19-9-5-4-6-10-19)32(17-20-11-7-8-12-22(20)28)26(34)18-33(38(2,36)37)21-13-14-24(30)23(29)16-21/h4-14,16,25H,3,15,17-18H2,1-2H3,(H,31,35)/t25-/m1/s1. The largest absolute Gasteiger partial charge is 0.355 e. The van der Waals surface area contributed by atoms with Crippen molar-refractivity contribution in [1.29, 1.82) is 0 Å². The van der Waals surface area contributed by atoms with Crippen molar-refractivity contribution in [3.05, 3.63) is 99.8 Å². The Kier molecular flexibility index (Phi) is 10.1. The molecule has 0 unspecified atom stereocenters. The van der Waals surface area contributed by atoms with Crippen LogP contribution >= 0.6 is 23.2 Å². The predicted octanol–water partition coefficient (Wildman–Crippen LogP) is 4.67. The lowest BCUT2D eigenvalue weighted by Crippen LogP contribution is -2.53. The van der Waals surface area contributed by atoms with E-state index in [-0.39, 0.29) is 23.7 Å². The van der Waals surface area contributed by atoms with Crippen molar-refractivity contribution in [2.75, 3.05) is 23.7 Å². The fraction of sp³-hybridized carbons (Fsp3) is 0.259. The molecule has 0 spiro atoms. The SMILES string of the molecule is CCNC(=O)[C@@H](Cc1ccccc1)N(Cc1ccccc1Cl)C(=O)CN(c1ccc(F)c(Cl)c1)S(C)(=O)=O. The van der Waals surface area contributed by atoms with Gasteiger partial charge in [-0.1, -0.05) is 71.7 Å². The second-order valence-corrected chi connectivity index (χ2v) is 11.3. The molecule has 11 heteroatoms. The first kappa shape index (κ1) is 29.4. The van der Waals surface area contributed by atoms with E-state index in [9.17, 15) is 22.4 Å². The molecule has 0 aliphatic carbocycles. The Bertz CT molecular complexity index is 1390. The Morgan fingerprint density at radius 2 is 1.63 bits per heavy atom. The van der Waals surface area contributed by atoms with Crippen LogP contribution in [0.4, 0.5) is 10.1 Å². The van der Waals surface area contributed by atoms with Crippen molar-refractivity contribution < 1.29 is 22.4 Å². The molecule has 7 nitrogen and oxygen atoms in total. The van der Waals surface area contributed by atoms with Gasteiger partial charge in [0.1, 0.15) is 18.4 Å². The molecule has 0 aliphatic heterocycles. The summed E-state index contributed by atoms with van der Waals surface area (Å²) < 4.78 is 40.0. The van der Waals surface area contributed by atoms with Gasteiger partial charge in [0.05, 0.1) is 17.0 Å². The molecule has 2 amide bonds. The highest BCUT2D eigenvalue weighted by atomic mass is 35.5. The van der Waals surface area contributed by atoms with Gasteiger partial charge < -0.3 is 10.2 Å². The number of hydrogen-bond donors (Lipinski definition) is 1. The summed E-state index contributed by atoms with van der Waals surface area (Å²) in [6, 6.07) is 18.5. The van der Waals surface area contributed by atoms with Gasteiger partial charge in [-0.2, -0.15) is 0 Å². The van der Waals surface area contributed by atoms with E-state index in [1.165, 1.54) is 11.0 Å². The number of amides is 2. The van der Waals surface area contributed by atoms with Crippen LogP contribution in [0.3, 0.4) is 0 Å². The minimum absolute atomic E-state index is 0.0163. The van der Waals surface area contributed by atoms with E-state index >= 15 is 0 Å². The van der Waals surface area contributed by atoms with Crippen LogP contribution in [0, 0.1) is 5.82 Å². The lowest BCUT2D eigenvalue weighted by molar-refractivity contribution is -0.140. The average Bonchev–Trinajstić information content (AvgIpc) is 2.87. The van der Waals surface area contributed by atoms with E-state index in [0.29, 0.717) is 17.1 Å². The maximum Gasteiger partial charge on any atom is 0.244 e. The van der Waals surface area contributed by atoms with Gasteiger partial charge in [0, 0.05) is 24.5 Å². The number of sulfonamides is 1. The first-order chi connectivity index (χ1) is 18.0. The molecule has 0 aliphatic rings. The molecule has 0 heterocycles. The van der Waals surface area contributed by atoms with Crippen LogP contribution in [0.5, 0.6) is 0 Å². The summed E-state index contributed by atoms with van der Waals surface area (Å²) in [5.74, 6) is -1.77. The van der Waals surface area contributed by atoms with E-state index in [1.54, 1.807) is 31.2 Å². The first-order valence-electron chi connectivity index (χ1n) is 11.8. The Hall–Kier alpha value is -3.14. The van der Waals surface area contributed by atoms with Crippen molar-refractivity contribution in [3.8, 4) is 0 Å². The number of benzene rings is 3. The molecule has 0 saturated carbocycles. The summed E-state index contributed by atoms with van der Waals surface area (Å²) in [4.78, 5) is 28.5. The lowest BCUT2D eigenvalue weighted by atomic mass is 10.0. The molecule has 3 rings (SSSR count). The maximum atomic E-state index is 13.9. The van der Waals surface area contributed by atoms with Gasteiger partial charge in [-0.05, 0) is 42.3 Å². The quantitative estimate of drug-likeness (QED) is 0.357. The molecule has 3 aromatic carbocycles. The van der Waals surface area contributed by atoms with Crippen LogP contribution in [0.1, 0.15) is 18.1 Å². The number of nitrogens with zero attached hydrogens (tertiary/aromatic N) is 2. The van der Waals surface area contributed by atoms with Gasteiger partial charge in [0.2, 0.25) is 21.8 Å². The van der Waals surface area contributed by atoms with Crippen LogP contribution in [0.2, 0.25) is 10.0 Å². The van der Waals surface area contributed by atoms with E-state index in [1.807, 2.05) is 30.3 Å². The van der Waals surface area contributed by atoms with E-state index < -0.39 is 40.2 Å². The molecule has 0 radical (unpaired) electrons. The molecule has 202 valence electrons. The summed E-state index contributed by atoms with van der Waals surface area (Å²) in [6.07, 6.45) is 1.12. The number of halogens is 3. The van der Waals surface area contributed by atoms with E-state index in [4.69, 9.17) is 23.2 Å². The monoisotopic (exact) mass is 579 g/mol. The number of likely N-dealkylation sites (N-methyl/N-ethyl adjacent to an activating group) is 1. The summed E-state index contributed by atoms with van der Waals surface area (Å²) in [6.45, 7) is 1.41. The first-order valence-corrected chi connectivity index (χ1v) is 14.4. The van der Waals surface area contributed by atoms with Crippen LogP contribution in [0.25, 0.3) is 0 Å². The van der Waals surface area contributed by atoms with Crippen LogP contribution in [-0.4, -0.2) is 50.5 Å². The van der Waals surface area contributed by atoms with Gasteiger partial charge in [0.25, 0.3) is 0 Å². The number of carbonyl (C=O) groups excluding carboxylic acids is 2. The van der Waals surface area contributed by atoms with Gasteiger partial charge in [0.15, 0.2) is 0 Å². The zero-order valence-corrected chi connectivity index (χ0v) is 23.2. The fourth-order valence-electron chi connectivity index (χ4n) is 3.91. The van der Waals surface area contributed by atoms with Gasteiger partial charge >= 0.3 is 0 Å². The highest BCUT2D eigenvalue weighted by Crippen LogP contribution is 2.26. The third-order valence-corrected chi connectivity index (χ3v) is 7.59. The Morgan fingerprint density at radius 1 is 0.974 bits per heavy atom. The van der Waals surface area contributed by atoms with Gasteiger partial charge in [-0.3, -0.25) is 13.9 Å². The van der Waals surface area contributed by atoms with Crippen molar-refractivity contribution in [1.82, 2.24) is 10.2 Å². The average molecular weight is 581 g/mol. The second-order valence-electron chi connectivity index (χ2n) is 8.58. The molecular formula is C27H28Cl2FN3O4S. The van der Waals surface area contributed by atoms with Gasteiger partial charge in [-0.15, -0.1) is 0 Å². The van der Waals surface area contributed by atoms with Crippen molar-refractivity contribution >= 4 is 50.7 Å². The number of anilines is 1. The van der Waals surface area contributed by atoms with Crippen LogP contribution in [-0.2, 0) is 32.6 Å². The second kappa shape index (κ2) is 13.1. The third kappa shape index (κ3) is 7.69. The van der Waals surface area contributed by atoms with Crippen LogP contribution < -0.4 is 9.62 Å². The molecule has 3 aromatic rings. The van der Waals surface area contributed by atoms with Crippen LogP contribution in [0.15, 0.2) is 72.8 Å². The molecule has 1 atom stereocenters. The molecule has 1 N–H and O–H groups in total. The Balaban J connectivity index is 2.06. The number of hydrogen-bond acceptors (Lipinski definition) is 4. The summed E-state index contributed by atoms with van der Waals surface area (Å²) >= 11 is 12.3. The summed E-state index contributed by atoms with van der Waals surface area (Å²) in [5.41, 5.74) is 1.41. The topological polar surface area (TPSA) is 86.8 Å². The minimum atomic E-state index is -3.99. The Morgan fingerprint density at radius 3 is 2.24 bits per heavy atom. The molecule has 0 aromatic heterocycles. The molecule has 0 bridgehead atoms. The molecule has 0 saturated heterocycles. The third-order valence-electron chi connectivity index (χ3n) is 5.79. The maximum absolute atomic E-state index is 13.9. The summed E-state index contributed by atoms with van der Waals surface area (Å²) in [5, 5.41) is 2.88.